The quantitative estimate of drug-likeness (QED) is 0.877. The number of aryl methyl sites for hydroxylation is 1. The van der Waals surface area contributed by atoms with Gasteiger partial charge in [-0.2, -0.15) is 0 Å². The Balaban J connectivity index is 2.01. The third-order valence-electron chi connectivity index (χ3n) is 3.63. The van der Waals surface area contributed by atoms with E-state index in [0.29, 0.717) is 11.4 Å². The summed E-state index contributed by atoms with van der Waals surface area (Å²) >= 11 is 0. The average molecular weight is 240 g/mol. The zero-order chi connectivity index (χ0) is 12.7. The van der Waals surface area contributed by atoms with Gasteiger partial charge in [0.1, 0.15) is 5.82 Å². The molecule has 3 rings (SSSR count). The maximum absolute atomic E-state index is 11.7. The molecule has 0 bridgehead atoms. The second-order valence-corrected chi connectivity index (χ2v) is 5.02. The Morgan fingerprint density at radius 1 is 1.17 bits per heavy atom. The predicted octanol–water partition coefficient (Wildman–Crippen LogP) is 2.93. The lowest BCUT2D eigenvalue weighted by molar-refractivity contribution is 1.03. The Hall–Kier alpha value is -1.90. The summed E-state index contributed by atoms with van der Waals surface area (Å²) in [6, 6.07) is 8.37. The van der Waals surface area contributed by atoms with Crippen molar-refractivity contribution in [2.75, 3.05) is 0 Å². The molecule has 0 atom stereocenters. The zero-order valence-corrected chi connectivity index (χ0v) is 10.7. The van der Waals surface area contributed by atoms with Gasteiger partial charge in [-0.15, -0.1) is 0 Å². The van der Waals surface area contributed by atoms with E-state index in [1.54, 1.807) is 6.92 Å². The largest absolute Gasteiger partial charge is 0.306 e. The van der Waals surface area contributed by atoms with Crippen molar-refractivity contribution in [1.82, 2.24) is 9.97 Å². The minimum absolute atomic E-state index is 0.0521. The number of aromatic nitrogens is 2. The topological polar surface area (TPSA) is 45.8 Å². The summed E-state index contributed by atoms with van der Waals surface area (Å²) in [6.07, 6.45) is 2.61. The molecular formula is C15H16N2O. The van der Waals surface area contributed by atoms with Crippen LogP contribution in [0.1, 0.15) is 35.6 Å². The highest BCUT2D eigenvalue weighted by Crippen LogP contribution is 2.40. The zero-order valence-electron chi connectivity index (χ0n) is 10.7. The molecule has 0 spiro atoms. The molecule has 0 amide bonds. The van der Waals surface area contributed by atoms with Crippen LogP contribution in [0.15, 0.2) is 29.1 Å². The van der Waals surface area contributed by atoms with Gasteiger partial charge in [0.05, 0.1) is 0 Å². The van der Waals surface area contributed by atoms with Crippen LogP contribution < -0.4 is 5.56 Å². The molecule has 0 saturated heterocycles. The van der Waals surface area contributed by atoms with Crippen molar-refractivity contribution in [3.8, 4) is 11.4 Å². The van der Waals surface area contributed by atoms with Gasteiger partial charge in [0.2, 0.25) is 0 Å². The maximum atomic E-state index is 11.7. The predicted molar refractivity (Wildman–Crippen MR) is 71.7 cm³/mol. The lowest BCUT2D eigenvalue weighted by atomic mass is 10.1. The molecule has 1 heterocycles. The van der Waals surface area contributed by atoms with Crippen molar-refractivity contribution >= 4 is 0 Å². The van der Waals surface area contributed by atoms with E-state index < -0.39 is 0 Å². The van der Waals surface area contributed by atoms with Crippen molar-refractivity contribution in [2.24, 2.45) is 0 Å². The van der Waals surface area contributed by atoms with Crippen LogP contribution in [0.25, 0.3) is 11.4 Å². The molecule has 0 aliphatic heterocycles. The molecule has 2 aromatic rings. The summed E-state index contributed by atoms with van der Waals surface area (Å²) in [5.74, 6) is 1.41. The highest BCUT2D eigenvalue weighted by Gasteiger charge is 2.23. The molecule has 1 aromatic carbocycles. The van der Waals surface area contributed by atoms with Crippen LogP contribution in [0.5, 0.6) is 0 Å². The van der Waals surface area contributed by atoms with E-state index in [0.717, 1.165) is 17.2 Å². The molecule has 1 N–H and O–H groups in total. The number of hydrogen-bond acceptors (Lipinski definition) is 2. The van der Waals surface area contributed by atoms with E-state index in [1.807, 2.05) is 19.1 Å². The van der Waals surface area contributed by atoms with Crippen molar-refractivity contribution in [3.63, 3.8) is 0 Å². The number of H-pyrrole nitrogens is 1. The second-order valence-electron chi connectivity index (χ2n) is 5.02. The number of aromatic amines is 1. The fraction of sp³-hybridized carbons (Fsp3) is 0.333. The van der Waals surface area contributed by atoms with E-state index in [-0.39, 0.29) is 5.56 Å². The van der Waals surface area contributed by atoms with Crippen molar-refractivity contribution < 1.29 is 0 Å². The first-order valence-electron chi connectivity index (χ1n) is 6.33. The molecule has 3 heteroatoms. The van der Waals surface area contributed by atoms with Crippen LogP contribution >= 0.6 is 0 Å². The van der Waals surface area contributed by atoms with Crippen LogP contribution in [0.3, 0.4) is 0 Å². The molecule has 1 aromatic heterocycles. The average Bonchev–Trinajstić information content (AvgIpc) is 3.20. The van der Waals surface area contributed by atoms with E-state index in [9.17, 15) is 4.79 Å². The lowest BCUT2D eigenvalue weighted by Crippen LogP contribution is -2.14. The third-order valence-corrected chi connectivity index (χ3v) is 3.63. The van der Waals surface area contributed by atoms with Crippen LogP contribution in [0.4, 0.5) is 0 Å². The highest BCUT2D eigenvalue weighted by atomic mass is 16.1. The highest BCUT2D eigenvalue weighted by molar-refractivity contribution is 5.56. The molecule has 18 heavy (non-hydrogen) atoms. The molecule has 0 radical (unpaired) electrons. The molecule has 1 aliphatic rings. The van der Waals surface area contributed by atoms with Crippen LogP contribution in [-0.4, -0.2) is 9.97 Å². The molecular weight excluding hydrogens is 224 g/mol. The molecule has 1 fully saturated rings. The first-order chi connectivity index (χ1) is 8.65. The number of hydrogen-bond donors (Lipinski definition) is 1. The minimum atomic E-state index is -0.0521. The standard InChI is InChI=1S/C15H16N2O/c1-9-10(2)16-14(17-15(9)18)13-7-5-12(6-8-13)11-3-4-11/h5-8,11H,3-4H2,1-2H3,(H,16,17,18). The van der Waals surface area contributed by atoms with Gasteiger partial charge in [0.15, 0.2) is 0 Å². The Bertz CT molecular complexity index is 637. The van der Waals surface area contributed by atoms with Crippen molar-refractivity contribution in [3.05, 3.63) is 51.4 Å². The Morgan fingerprint density at radius 2 is 1.83 bits per heavy atom. The summed E-state index contributed by atoms with van der Waals surface area (Å²) in [5, 5.41) is 0. The van der Waals surface area contributed by atoms with E-state index >= 15 is 0 Å². The van der Waals surface area contributed by atoms with E-state index in [1.165, 1.54) is 18.4 Å². The van der Waals surface area contributed by atoms with Crippen LogP contribution in [-0.2, 0) is 0 Å². The maximum Gasteiger partial charge on any atom is 0.254 e. The van der Waals surface area contributed by atoms with Gasteiger partial charge in [0.25, 0.3) is 5.56 Å². The lowest BCUT2D eigenvalue weighted by Gasteiger charge is -2.05. The number of nitrogens with one attached hydrogen (secondary N) is 1. The summed E-state index contributed by atoms with van der Waals surface area (Å²) in [7, 11) is 0. The van der Waals surface area contributed by atoms with Gasteiger partial charge < -0.3 is 4.98 Å². The molecule has 92 valence electrons. The Morgan fingerprint density at radius 3 is 2.39 bits per heavy atom. The smallest absolute Gasteiger partial charge is 0.254 e. The van der Waals surface area contributed by atoms with E-state index in [2.05, 4.69) is 22.1 Å². The van der Waals surface area contributed by atoms with Gasteiger partial charge in [0, 0.05) is 16.8 Å². The summed E-state index contributed by atoms with van der Waals surface area (Å²) in [5.41, 5.74) is 3.79. The van der Waals surface area contributed by atoms with Gasteiger partial charge in [-0.05, 0) is 38.2 Å². The van der Waals surface area contributed by atoms with Gasteiger partial charge >= 0.3 is 0 Å². The van der Waals surface area contributed by atoms with Crippen LogP contribution in [0.2, 0.25) is 0 Å². The summed E-state index contributed by atoms with van der Waals surface area (Å²) < 4.78 is 0. The number of rotatable bonds is 2. The van der Waals surface area contributed by atoms with Gasteiger partial charge in [-0.1, -0.05) is 24.3 Å². The summed E-state index contributed by atoms with van der Waals surface area (Å²) in [6.45, 7) is 3.66. The SMILES string of the molecule is Cc1nc(-c2ccc(C3CC3)cc2)[nH]c(=O)c1C. The van der Waals surface area contributed by atoms with Crippen molar-refractivity contribution in [1.29, 1.82) is 0 Å². The number of nitrogens with zero attached hydrogens (tertiary/aromatic N) is 1. The van der Waals surface area contributed by atoms with Gasteiger partial charge in [-0.3, -0.25) is 4.79 Å². The third kappa shape index (κ3) is 1.96. The number of benzene rings is 1. The molecule has 3 nitrogen and oxygen atoms in total. The Kier molecular flexibility index (Phi) is 2.54. The monoisotopic (exact) mass is 240 g/mol. The van der Waals surface area contributed by atoms with Crippen LogP contribution in [0, 0.1) is 13.8 Å². The second kappa shape index (κ2) is 4.09. The molecule has 1 aliphatic carbocycles. The first kappa shape index (κ1) is 11.2. The fourth-order valence-corrected chi connectivity index (χ4v) is 2.11. The molecule has 1 saturated carbocycles. The minimum Gasteiger partial charge on any atom is -0.306 e. The summed E-state index contributed by atoms with van der Waals surface area (Å²) in [4.78, 5) is 19.0. The first-order valence-corrected chi connectivity index (χ1v) is 6.33. The fourth-order valence-electron chi connectivity index (χ4n) is 2.11. The molecule has 0 unspecified atom stereocenters. The van der Waals surface area contributed by atoms with Crippen molar-refractivity contribution in [2.45, 2.75) is 32.6 Å². The van der Waals surface area contributed by atoms with Gasteiger partial charge in [-0.25, -0.2) is 4.98 Å². The normalized spacial score (nSPS) is 14.8. The van der Waals surface area contributed by atoms with E-state index in [4.69, 9.17) is 0 Å². The Labute approximate surface area is 106 Å².